The summed E-state index contributed by atoms with van der Waals surface area (Å²) in [6, 6.07) is 35.1. The first-order valence-corrected chi connectivity index (χ1v) is 24.2. The first kappa shape index (κ1) is 46.3. The number of thiophene rings is 1. The Morgan fingerprint density at radius 1 is 0.794 bits per heavy atom. The van der Waals surface area contributed by atoms with Crippen LogP contribution in [0.2, 0.25) is 0 Å². The summed E-state index contributed by atoms with van der Waals surface area (Å²) in [7, 11) is 1.74. The topological polar surface area (TPSA) is 140 Å². The van der Waals surface area contributed by atoms with Crippen molar-refractivity contribution in [3.63, 3.8) is 0 Å². The maximum atomic E-state index is 14.0. The molecule has 1 spiro atoms. The Kier molecular flexibility index (Phi) is 12.9. The monoisotopic (exact) mass is 930 g/mol. The third-order valence-corrected chi connectivity index (χ3v) is 14.7. The van der Waals surface area contributed by atoms with Crippen molar-refractivity contribution in [2.75, 3.05) is 44.2 Å². The SMILES string of the molecule is CC.Cn1cc(-c2cc(C(C)(C)O)ccc2Oc2ccc(N3CCC4(CCN(CCOc5ccc(C(=O)c6c(-c7ccc(O)cc7)sc7cc(O)ccc67)cc5)CC4)C3)cc2)c2cc[nH]c2c1=O. The Morgan fingerprint density at radius 3 is 2.21 bits per heavy atom. The van der Waals surface area contributed by atoms with Crippen LogP contribution < -0.4 is 19.9 Å². The molecule has 0 bridgehead atoms. The van der Waals surface area contributed by atoms with E-state index in [1.807, 2.05) is 80.7 Å². The number of nitrogens with zero attached hydrogens (tertiary/aromatic N) is 3. The maximum absolute atomic E-state index is 14.0. The first-order valence-electron chi connectivity index (χ1n) is 23.4. The molecule has 12 heteroatoms. The lowest BCUT2D eigenvalue weighted by molar-refractivity contribution is 0.0786. The molecule has 10 rings (SSSR count). The summed E-state index contributed by atoms with van der Waals surface area (Å²) in [6.45, 7) is 13.0. The van der Waals surface area contributed by atoms with Crippen LogP contribution in [0.5, 0.6) is 28.7 Å². The highest BCUT2D eigenvalue weighted by Gasteiger charge is 2.40. The lowest BCUT2D eigenvalue weighted by Gasteiger charge is -2.39. The highest BCUT2D eigenvalue weighted by atomic mass is 32.1. The smallest absolute Gasteiger partial charge is 0.274 e. The molecular weight excluding hydrogens is 873 g/mol. The number of ketones is 1. The predicted octanol–water partition coefficient (Wildman–Crippen LogP) is 11.5. The quantitative estimate of drug-likeness (QED) is 0.0881. The zero-order valence-corrected chi connectivity index (χ0v) is 40.0. The van der Waals surface area contributed by atoms with Gasteiger partial charge in [0.2, 0.25) is 0 Å². The number of phenols is 2. The van der Waals surface area contributed by atoms with E-state index in [4.69, 9.17) is 9.47 Å². The molecule has 2 fully saturated rings. The van der Waals surface area contributed by atoms with Crippen molar-refractivity contribution in [3.8, 4) is 50.3 Å². The van der Waals surface area contributed by atoms with Crippen LogP contribution in [0.3, 0.4) is 0 Å². The Balaban J connectivity index is 0.00000285. The summed E-state index contributed by atoms with van der Waals surface area (Å²) in [6.07, 6.45) is 7.02. The van der Waals surface area contributed by atoms with E-state index in [2.05, 4.69) is 26.9 Å². The summed E-state index contributed by atoms with van der Waals surface area (Å²) < 4.78 is 15.1. The van der Waals surface area contributed by atoms with Gasteiger partial charge in [-0.15, -0.1) is 11.3 Å². The van der Waals surface area contributed by atoms with Crippen molar-refractivity contribution >= 4 is 43.8 Å². The van der Waals surface area contributed by atoms with E-state index in [0.29, 0.717) is 40.5 Å². The number of anilines is 1. The number of aromatic nitrogens is 2. The van der Waals surface area contributed by atoms with Crippen LogP contribution in [-0.4, -0.2) is 74.9 Å². The predicted molar refractivity (Wildman–Crippen MR) is 273 cm³/mol. The Bertz CT molecular complexity index is 3140. The molecule has 4 N–H and O–H groups in total. The number of nitrogens with one attached hydrogen (secondary N) is 1. The molecule has 0 radical (unpaired) electrons. The second-order valence-electron chi connectivity index (χ2n) is 18.3. The average Bonchev–Trinajstić information content (AvgIpc) is 4.10. The lowest BCUT2D eigenvalue weighted by atomic mass is 9.78. The molecule has 0 saturated carbocycles. The van der Waals surface area contributed by atoms with Crippen LogP contribution in [0, 0.1) is 5.41 Å². The number of pyridine rings is 1. The number of carbonyl (C=O) groups excluding carboxylic acids is 1. The molecule has 5 heterocycles. The second kappa shape index (κ2) is 19.0. The van der Waals surface area contributed by atoms with Gasteiger partial charge in [0.1, 0.15) is 40.9 Å². The van der Waals surface area contributed by atoms with Gasteiger partial charge in [0.15, 0.2) is 5.78 Å². The van der Waals surface area contributed by atoms with E-state index in [-0.39, 0.29) is 28.3 Å². The van der Waals surface area contributed by atoms with Gasteiger partial charge in [0.05, 0.1) is 5.60 Å². The number of aliphatic hydroxyl groups is 1. The van der Waals surface area contributed by atoms with E-state index in [1.54, 1.807) is 74.1 Å². The number of piperidine rings is 1. The minimum atomic E-state index is -1.07. The molecule has 0 atom stereocenters. The number of aromatic hydroxyl groups is 2. The molecule has 2 saturated heterocycles. The number of rotatable bonds is 12. The number of fused-ring (bicyclic) bond motifs is 2. The molecule has 8 aromatic rings. The Labute approximate surface area is 400 Å². The standard InChI is InChI=1S/C54H52N4O7S.C2H6/c1-53(2,63)36-8-19-46(44(30-36)45-32-56(3)52(62)49-42(45)20-24-55-49)65-41-16-9-37(10-17-41)58-27-23-54(33-58)21-25-57(26-22-54)28-29-64-40-14-6-34(7-15-40)50(61)48-43-18-13-39(60)31-47(43)66-51(48)35-4-11-38(59)12-5-35;1-2/h4-20,24,30-32,55,59-60,63H,21-23,25-29,33H2,1-3H3;1-2H3. The van der Waals surface area contributed by atoms with Gasteiger partial charge in [-0.1, -0.05) is 19.9 Å². The molecule has 2 aliphatic rings. The largest absolute Gasteiger partial charge is 0.508 e. The van der Waals surface area contributed by atoms with Crippen molar-refractivity contribution in [3.05, 3.63) is 155 Å². The highest BCUT2D eigenvalue weighted by molar-refractivity contribution is 7.22. The number of carbonyl (C=O) groups is 1. The normalized spacial score (nSPS) is 14.9. The van der Waals surface area contributed by atoms with Gasteiger partial charge in [0, 0.05) is 87.4 Å². The van der Waals surface area contributed by atoms with E-state index in [1.165, 1.54) is 17.0 Å². The molecular formula is C56H58N4O7S. The Hall–Kier alpha value is -6.86. The molecule has 5 aromatic carbocycles. The number of aromatic amines is 1. The average molecular weight is 931 g/mol. The van der Waals surface area contributed by atoms with Crippen molar-refractivity contribution < 1.29 is 29.6 Å². The zero-order chi connectivity index (χ0) is 47.7. The summed E-state index contributed by atoms with van der Waals surface area (Å²) in [4.78, 5) is 35.7. The molecule has 0 amide bonds. The third-order valence-electron chi connectivity index (χ3n) is 13.5. The third kappa shape index (κ3) is 9.36. The molecule has 0 aliphatic carbocycles. The first-order chi connectivity index (χ1) is 32.8. The van der Waals surface area contributed by atoms with Crippen molar-refractivity contribution in [1.82, 2.24) is 14.5 Å². The van der Waals surface area contributed by atoms with E-state index in [0.717, 1.165) is 94.6 Å². The minimum absolute atomic E-state index is 0.109. The van der Waals surface area contributed by atoms with Crippen LogP contribution in [0.4, 0.5) is 5.69 Å². The number of benzene rings is 5. The number of hydrogen-bond donors (Lipinski definition) is 4. The molecule has 11 nitrogen and oxygen atoms in total. The van der Waals surface area contributed by atoms with Crippen molar-refractivity contribution in [2.24, 2.45) is 12.5 Å². The molecule has 2 aliphatic heterocycles. The Morgan fingerprint density at radius 2 is 1.49 bits per heavy atom. The van der Waals surface area contributed by atoms with E-state index < -0.39 is 5.60 Å². The summed E-state index contributed by atoms with van der Waals surface area (Å²) in [5, 5.41) is 32.5. The van der Waals surface area contributed by atoms with E-state index >= 15 is 0 Å². The van der Waals surface area contributed by atoms with Gasteiger partial charge in [0.25, 0.3) is 5.56 Å². The number of ether oxygens (including phenoxy) is 2. The fourth-order valence-electron chi connectivity index (χ4n) is 9.63. The van der Waals surface area contributed by atoms with Crippen LogP contribution >= 0.6 is 11.3 Å². The fraction of sp³-hybridized carbons (Fsp3) is 0.286. The van der Waals surface area contributed by atoms with Crippen molar-refractivity contribution in [2.45, 2.75) is 52.6 Å². The summed E-state index contributed by atoms with van der Waals surface area (Å²) >= 11 is 1.44. The van der Waals surface area contributed by atoms with Gasteiger partial charge < -0.3 is 39.2 Å². The van der Waals surface area contributed by atoms with Crippen LogP contribution in [0.25, 0.3) is 42.6 Å². The maximum Gasteiger partial charge on any atom is 0.274 e. The summed E-state index contributed by atoms with van der Waals surface area (Å²) in [5.41, 5.74) is 5.12. The minimum Gasteiger partial charge on any atom is -0.508 e. The number of hydrogen-bond acceptors (Lipinski definition) is 10. The van der Waals surface area contributed by atoms with Crippen molar-refractivity contribution in [1.29, 1.82) is 0 Å². The van der Waals surface area contributed by atoms with Gasteiger partial charge in [-0.05, 0) is 172 Å². The van der Waals surface area contributed by atoms with Gasteiger partial charge in [-0.3, -0.25) is 14.5 Å². The molecule has 350 valence electrons. The van der Waals surface area contributed by atoms with Gasteiger partial charge in [-0.25, -0.2) is 0 Å². The fourth-order valence-corrected chi connectivity index (χ4v) is 10.9. The van der Waals surface area contributed by atoms with Crippen LogP contribution in [0.15, 0.2) is 132 Å². The molecule has 68 heavy (non-hydrogen) atoms. The second-order valence-corrected chi connectivity index (χ2v) is 19.4. The summed E-state index contributed by atoms with van der Waals surface area (Å²) in [5.74, 6) is 2.24. The lowest BCUT2D eigenvalue weighted by Crippen LogP contribution is -2.43. The van der Waals surface area contributed by atoms with Crippen LogP contribution in [0.1, 0.15) is 68.4 Å². The molecule has 3 aromatic heterocycles. The number of phenolic OH excluding ortho intramolecular Hbond substituents is 2. The number of aryl methyl sites for hydroxylation is 1. The van der Waals surface area contributed by atoms with Gasteiger partial charge >= 0.3 is 0 Å². The van der Waals surface area contributed by atoms with Gasteiger partial charge in [-0.2, -0.15) is 0 Å². The highest BCUT2D eigenvalue weighted by Crippen LogP contribution is 2.44. The van der Waals surface area contributed by atoms with E-state index in [9.17, 15) is 24.9 Å². The van der Waals surface area contributed by atoms with Crippen LogP contribution in [-0.2, 0) is 12.6 Å². The number of likely N-dealkylation sites (tertiary alicyclic amines) is 1. The molecule has 0 unspecified atom stereocenters. The number of H-pyrrole nitrogens is 1. The zero-order valence-electron chi connectivity index (χ0n) is 39.2.